The van der Waals surface area contributed by atoms with Gasteiger partial charge in [0.1, 0.15) is 6.04 Å². The molecule has 0 aromatic heterocycles. The minimum absolute atomic E-state index is 0.0897. The fraction of sp³-hybridized carbons (Fsp3) is 0.481. The van der Waals surface area contributed by atoms with Crippen molar-refractivity contribution < 1.29 is 9.59 Å². The number of nitrogens with one attached hydrogen (secondary N) is 2. The number of benzene rings is 2. The van der Waals surface area contributed by atoms with Gasteiger partial charge in [-0.2, -0.15) is 0 Å². The van der Waals surface area contributed by atoms with Crippen LogP contribution in [0, 0.1) is 0 Å². The number of nitrogens with zero attached hydrogens (tertiary/aromatic N) is 1. The second-order valence-electron chi connectivity index (χ2n) is 10.4. The van der Waals surface area contributed by atoms with Crippen LogP contribution in [0.5, 0.6) is 0 Å². The summed E-state index contributed by atoms with van der Waals surface area (Å²) in [6.45, 7) is 0. The number of carbonyl (C=O) groups is 2. The third-order valence-corrected chi connectivity index (χ3v) is 9.27. The maximum Gasteiger partial charge on any atom is 0.243 e. The van der Waals surface area contributed by atoms with E-state index < -0.39 is 11.5 Å². The molecule has 192 valence electrons. The molecule has 36 heavy (non-hydrogen) atoms. The van der Waals surface area contributed by atoms with Crippen LogP contribution in [-0.2, 0) is 21.4 Å². The Balaban J connectivity index is 1.36. The second-order valence-corrected chi connectivity index (χ2v) is 12.1. The molecule has 3 fully saturated rings. The number of halogens is 4. The van der Waals surface area contributed by atoms with Gasteiger partial charge in [-0.1, -0.05) is 58.5 Å². The molecule has 3 aliphatic rings. The third kappa shape index (κ3) is 5.23. The lowest BCUT2D eigenvalue weighted by Crippen LogP contribution is -2.55. The van der Waals surface area contributed by atoms with E-state index in [0.29, 0.717) is 45.0 Å². The molecule has 2 heterocycles. The van der Waals surface area contributed by atoms with Crippen molar-refractivity contribution in [2.45, 2.75) is 74.5 Å². The number of amides is 2. The fourth-order valence-corrected chi connectivity index (χ4v) is 6.94. The van der Waals surface area contributed by atoms with E-state index in [-0.39, 0.29) is 24.3 Å². The molecule has 1 aliphatic carbocycles. The number of fused-ring (bicyclic) bond motifs is 2. The highest BCUT2D eigenvalue weighted by Crippen LogP contribution is 2.51. The maximum atomic E-state index is 13.6. The summed E-state index contributed by atoms with van der Waals surface area (Å²) >= 11 is 25.0. The van der Waals surface area contributed by atoms with Crippen LogP contribution >= 0.6 is 46.4 Å². The summed E-state index contributed by atoms with van der Waals surface area (Å²) in [5.41, 5.74) is 0.734. The van der Waals surface area contributed by atoms with Crippen molar-refractivity contribution in [1.82, 2.24) is 15.5 Å². The van der Waals surface area contributed by atoms with E-state index in [1.165, 1.54) is 12.8 Å². The van der Waals surface area contributed by atoms with Crippen LogP contribution in [0.2, 0.25) is 20.1 Å². The number of rotatable bonds is 7. The molecule has 2 N–H and O–H groups in total. The largest absolute Gasteiger partial charge is 0.351 e. The van der Waals surface area contributed by atoms with Crippen LogP contribution in [-0.4, -0.2) is 47.9 Å². The highest BCUT2D eigenvalue weighted by atomic mass is 35.5. The smallest absolute Gasteiger partial charge is 0.243 e. The van der Waals surface area contributed by atoms with E-state index in [1.807, 2.05) is 0 Å². The molecular formula is C27H29Cl4N3O2. The van der Waals surface area contributed by atoms with E-state index in [1.54, 1.807) is 36.4 Å². The van der Waals surface area contributed by atoms with Crippen LogP contribution in [0.3, 0.4) is 0 Å². The first-order valence-corrected chi connectivity index (χ1v) is 13.9. The molecule has 0 radical (unpaired) electrons. The van der Waals surface area contributed by atoms with Crippen molar-refractivity contribution in [2.75, 3.05) is 7.05 Å². The van der Waals surface area contributed by atoms with E-state index in [0.717, 1.165) is 24.0 Å². The summed E-state index contributed by atoms with van der Waals surface area (Å²) in [5, 5.41) is 8.23. The molecule has 2 unspecified atom stereocenters. The second kappa shape index (κ2) is 10.3. The normalized spacial score (nSPS) is 25.3. The van der Waals surface area contributed by atoms with E-state index >= 15 is 0 Å². The van der Waals surface area contributed by atoms with Gasteiger partial charge < -0.3 is 15.5 Å². The lowest BCUT2D eigenvalue weighted by molar-refractivity contribution is -0.130. The van der Waals surface area contributed by atoms with Gasteiger partial charge in [0.2, 0.25) is 11.8 Å². The van der Waals surface area contributed by atoms with Crippen LogP contribution in [0.15, 0.2) is 36.4 Å². The van der Waals surface area contributed by atoms with Gasteiger partial charge in [-0.3, -0.25) is 9.59 Å². The predicted octanol–water partition coefficient (Wildman–Crippen LogP) is 5.80. The monoisotopic (exact) mass is 567 g/mol. The van der Waals surface area contributed by atoms with Gasteiger partial charge in [0.05, 0.1) is 5.41 Å². The Morgan fingerprint density at radius 2 is 1.58 bits per heavy atom. The van der Waals surface area contributed by atoms with Crippen molar-refractivity contribution >= 4 is 58.2 Å². The first-order chi connectivity index (χ1) is 17.2. The van der Waals surface area contributed by atoms with Gasteiger partial charge >= 0.3 is 0 Å². The first kappa shape index (κ1) is 26.1. The minimum atomic E-state index is -0.781. The number of hydrogen-bond acceptors (Lipinski definition) is 3. The molecule has 1 saturated carbocycles. The van der Waals surface area contributed by atoms with E-state index in [9.17, 15) is 9.59 Å². The van der Waals surface area contributed by atoms with Gasteiger partial charge in [0.25, 0.3) is 0 Å². The molecule has 2 aliphatic heterocycles. The Bertz CT molecular complexity index is 1170. The summed E-state index contributed by atoms with van der Waals surface area (Å²) in [6.07, 6.45) is 5.76. The Hall–Kier alpha value is -1.50. The van der Waals surface area contributed by atoms with Crippen molar-refractivity contribution in [2.24, 2.45) is 0 Å². The van der Waals surface area contributed by atoms with Crippen LogP contribution < -0.4 is 10.6 Å². The quantitative estimate of drug-likeness (QED) is 0.443. The summed E-state index contributed by atoms with van der Waals surface area (Å²) in [7, 11) is 2.17. The number of carbonyl (C=O) groups excluding carboxylic acids is 2. The molecule has 0 spiro atoms. The minimum Gasteiger partial charge on any atom is -0.351 e. The third-order valence-electron chi connectivity index (χ3n) is 8.14. The Kier molecular flexibility index (Phi) is 7.50. The highest BCUT2D eigenvalue weighted by Gasteiger charge is 2.53. The van der Waals surface area contributed by atoms with Crippen LogP contribution in [0.4, 0.5) is 0 Å². The molecule has 5 nitrogen and oxygen atoms in total. The summed E-state index contributed by atoms with van der Waals surface area (Å²) in [6, 6.07) is 10.7. The predicted molar refractivity (Wildman–Crippen MR) is 145 cm³/mol. The summed E-state index contributed by atoms with van der Waals surface area (Å²) in [5.74, 6) is -0.401. The van der Waals surface area contributed by atoms with Crippen molar-refractivity contribution in [3.8, 4) is 0 Å². The van der Waals surface area contributed by atoms with Gasteiger partial charge in [-0.25, -0.2) is 0 Å². The standard InChI is InChI=1S/C27H29Cl4N3O2/c1-34-19-5-6-20(34)14-18(13-19)32-25(35)24(10-15-2-3-16(28)11-22(15)30)33-26(36)27(8-9-27)21-7-4-17(29)12-23(21)31/h2-4,7,11-12,18-20,24H,5-6,8-10,13-14H2,1H3,(H,32,35)(H,33,36)/t18?,19?,20?,24-/m0/s1. The average Bonchev–Trinajstić information content (AvgIpc) is 3.59. The summed E-state index contributed by atoms with van der Waals surface area (Å²) in [4.78, 5) is 29.6. The SMILES string of the molecule is CN1C2CCC1CC(NC(=O)[C@H](Cc1ccc(Cl)cc1Cl)NC(=O)C1(c3ccc(Cl)cc3Cl)CC1)C2. The molecule has 2 aromatic rings. The van der Waals surface area contributed by atoms with Gasteiger partial charge in [0, 0.05) is 44.6 Å². The van der Waals surface area contributed by atoms with Crippen LogP contribution in [0.25, 0.3) is 0 Å². The molecule has 2 amide bonds. The molecule has 3 atom stereocenters. The molecule has 2 bridgehead atoms. The zero-order valence-corrected chi connectivity index (χ0v) is 23.0. The Morgan fingerprint density at radius 3 is 2.17 bits per heavy atom. The lowest BCUT2D eigenvalue weighted by Gasteiger charge is -2.37. The summed E-state index contributed by atoms with van der Waals surface area (Å²) < 4.78 is 0. The van der Waals surface area contributed by atoms with Crippen LogP contribution in [0.1, 0.15) is 49.7 Å². The van der Waals surface area contributed by atoms with Crippen molar-refractivity contribution in [3.05, 3.63) is 67.6 Å². The van der Waals surface area contributed by atoms with E-state index in [4.69, 9.17) is 46.4 Å². The molecule has 2 aromatic carbocycles. The first-order valence-electron chi connectivity index (χ1n) is 12.4. The fourth-order valence-electron chi connectivity index (χ4n) is 5.87. The zero-order valence-electron chi connectivity index (χ0n) is 20.0. The number of piperidine rings is 1. The van der Waals surface area contributed by atoms with E-state index in [2.05, 4.69) is 22.6 Å². The number of hydrogen-bond donors (Lipinski definition) is 2. The molecular weight excluding hydrogens is 540 g/mol. The molecule has 2 saturated heterocycles. The Labute approximate surface area is 231 Å². The zero-order chi connectivity index (χ0) is 25.6. The molecule has 5 rings (SSSR count). The van der Waals surface area contributed by atoms with Crippen molar-refractivity contribution in [3.63, 3.8) is 0 Å². The van der Waals surface area contributed by atoms with Gasteiger partial charge in [0.15, 0.2) is 0 Å². The highest BCUT2D eigenvalue weighted by molar-refractivity contribution is 6.35. The lowest BCUT2D eigenvalue weighted by atomic mass is 9.93. The average molecular weight is 569 g/mol. The Morgan fingerprint density at radius 1 is 0.972 bits per heavy atom. The topological polar surface area (TPSA) is 61.4 Å². The molecule has 9 heteroatoms. The van der Waals surface area contributed by atoms with Crippen molar-refractivity contribution in [1.29, 1.82) is 0 Å². The van der Waals surface area contributed by atoms with Gasteiger partial charge in [-0.05, 0) is 81.0 Å². The maximum absolute atomic E-state index is 13.6. The van der Waals surface area contributed by atoms with Gasteiger partial charge in [-0.15, -0.1) is 0 Å².